The second kappa shape index (κ2) is 5.71. The van der Waals surface area contributed by atoms with Crippen LogP contribution in [0.5, 0.6) is 0 Å². The molecule has 0 aromatic carbocycles. The van der Waals surface area contributed by atoms with Gasteiger partial charge in [-0.05, 0) is 45.3 Å². The van der Waals surface area contributed by atoms with Gasteiger partial charge >= 0.3 is 0 Å². The van der Waals surface area contributed by atoms with Crippen molar-refractivity contribution in [3.8, 4) is 0 Å². The predicted octanol–water partition coefficient (Wildman–Crippen LogP) is 1.50. The summed E-state index contributed by atoms with van der Waals surface area (Å²) in [5, 5.41) is 3.39. The minimum atomic E-state index is -0.488. The average molecular weight is 281 g/mol. The van der Waals surface area contributed by atoms with Gasteiger partial charge in [0.25, 0.3) is 5.91 Å². The maximum Gasteiger partial charge on any atom is 0.251 e. The van der Waals surface area contributed by atoms with Crippen molar-refractivity contribution in [2.75, 3.05) is 25.0 Å². The van der Waals surface area contributed by atoms with Gasteiger partial charge in [0, 0.05) is 4.88 Å². The molecule has 0 atom stereocenters. The third kappa shape index (κ3) is 3.13. The van der Waals surface area contributed by atoms with Crippen LogP contribution in [0.1, 0.15) is 33.6 Å². The summed E-state index contributed by atoms with van der Waals surface area (Å²) in [5.74, 6) is -0.566. The Labute approximate surface area is 116 Å². The zero-order valence-electron chi connectivity index (χ0n) is 11.3. The lowest BCUT2D eigenvalue weighted by Crippen LogP contribution is -2.31. The monoisotopic (exact) mass is 281 g/mol. The Bertz CT molecular complexity index is 504. The topological polar surface area (TPSA) is 75.4 Å². The molecule has 1 saturated heterocycles. The van der Waals surface area contributed by atoms with E-state index in [2.05, 4.69) is 10.2 Å². The number of amides is 2. The fraction of sp³-hybridized carbons (Fsp3) is 0.538. The highest BCUT2D eigenvalue weighted by atomic mass is 32.1. The van der Waals surface area contributed by atoms with E-state index in [1.165, 1.54) is 11.3 Å². The number of aryl methyl sites for hydroxylation is 1. The summed E-state index contributed by atoms with van der Waals surface area (Å²) in [4.78, 5) is 26.5. The molecule has 1 aromatic heterocycles. The summed E-state index contributed by atoms with van der Waals surface area (Å²) in [5.41, 5.74) is 6.67. The number of hydrogen-bond donors (Lipinski definition) is 2. The second-order valence-electron chi connectivity index (χ2n) is 4.88. The van der Waals surface area contributed by atoms with Crippen molar-refractivity contribution in [3.63, 3.8) is 0 Å². The van der Waals surface area contributed by atoms with Crippen molar-refractivity contribution in [1.29, 1.82) is 0 Å². The number of primary amides is 1. The van der Waals surface area contributed by atoms with Gasteiger partial charge in [0.2, 0.25) is 5.91 Å². The van der Waals surface area contributed by atoms with Crippen molar-refractivity contribution >= 4 is 28.2 Å². The molecule has 0 radical (unpaired) electrons. The van der Waals surface area contributed by atoms with E-state index >= 15 is 0 Å². The first-order chi connectivity index (χ1) is 8.99. The SMILES string of the molecule is Cc1sc(NC(=O)CN2CCCC2)c(C(N)=O)c1C. The molecule has 19 heavy (non-hydrogen) atoms. The second-order valence-corrected chi connectivity index (χ2v) is 6.11. The molecular formula is C13H19N3O2S. The van der Waals surface area contributed by atoms with E-state index in [4.69, 9.17) is 5.73 Å². The van der Waals surface area contributed by atoms with Crippen LogP contribution < -0.4 is 11.1 Å². The molecule has 0 saturated carbocycles. The molecule has 2 rings (SSSR count). The molecule has 0 bridgehead atoms. The molecule has 5 nitrogen and oxygen atoms in total. The lowest BCUT2D eigenvalue weighted by atomic mass is 10.1. The Morgan fingerprint density at radius 1 is 1.32 bits per heavy atom. The number of likely N-dealkylation sites (tertiary alicyclic amines) is 1. The average Bonchev–Trinajstić information content (AvgIpc) is 2.88. The number of hydrogen-bond acceptors (Lipinski definition) is 4. The van der Waals surface area contributed by atoms with Gasteiger partial charge in [-0.3, -0.25) is 14.5 Å². The minimum absolute atomic E-state index is 0.0781. The summed E-state index contributed by atoms with van der Waals surface area (Å²) >= 11 is 1.40. The van der Waals surface area contributed by atoms with Gasteiger partial charge in [0.05, 0.1) is 12.1 Å². The quantitative estimate of drug-likeness (QED) is 0.878. The zero-order valence-corrected chi connectivity index (χ0v) is 12.1. The van der Waals surface area contributed by atoms with Crippen LogP contribution in [0.4, 0.5) is 5.00 Å². The lowest BCUT2D eigenvalue weighted by Gasteiger charge is -2.13. The third-order valence-corrected chi connectivity index (χ3v) is 4.57. The Morgan fingerprint density at radius 3 is 2.53 bits per heavy atom. The third-order valence-electron chi connectivity index (χ3n) is 3.45. The van der Waals surface area contributed by atoms with Crippen LogP contribution in [0.2, 0.25) is 0 Å². The highest BCUT2D eigenvalue weighted by Gasteiger charge is 2.20. The Balaban J connectivity index is 2.07. The fourth-order valence-electron chi connectivity index (χ4n) is 2.32. The molecule has 0 spiro atoms. The van der Waals surface area contributed by atoms with E-state index in [1.54, 1.807) is 0 Å². The van der Waals surface area contributed by atoms with Gasteiger partial charge in [-0.1, -0.05) is 0 Å². The van der Waals surface area contributed by atoms with Crippen LogP contribution >= 0.6 is 11.3 Å². The molecule has 0 aliphatic carbocycles. The smallest absolute Gasteiger partial charge is 0.251 e. The molecule has 6 heteroatoms. The Morgan fingerprint density at radius 2 is 1.95 bits per heavy atom. The first kappa shape index (κ1) is 14.0. The molecule has 2 amide bonds. The molecule has 3 N–H and O–H groups in total. The number of thiophene rings is 1. The molecule has 0 unspecified atom stereocenters. The number of carbonyl (C=O) groups is 2. The van der Waals surface area contributed by atoms with Crippen molar-refractivity contribution in [2.45, 2.75) is 26.7 Å². The van der Waals surface area contributed by atoms with Crippen molar-refractivity contribution < 1.29 is 9.59 Å². The molecule has 1 aromatic rings. The fourth-order valence-corrected chi connectivity index (χ4v) is 3.40. The van der Waals surface area contributed by atoms with Crippen molar-refractivity contribution in [1.82, 2.24) is 4.90 Å². The van der Waals surface area contributed by atoms with Gasteiger partial charge in [0.1, 0.15) is 5.00 Å². The van der Waals surface area contributed by atoms with E-state index < -0.39 is 5.91 Å². The maximum atomic E-state index is 12.0. The Hall–Kier alpha value is -1.40. The summed E-state index contributed by atoms with van der Waals surface area (Å²) in [6.07, 6.45) is 2.30. The molecule has 1 aliphatic rings. The molecule has 1 fully saturated rings. The van der Waals surface area contributed by atoms with E-state index in [1.807, 2.05) is 13.8 Å². The van der Waals surface area contributed by atoms with Crippen molar-refractivity contribution in [2.24, 2.45) is 5.73 Å². The number of nitrogens with zero attached hydrogens (tertiary/aromatic N) is 1. The standard InChI is InChI=1S/C13H19N3O2S/c1-8-9(2)19-13(11(8)12(14)18)15-10(17)7-16-5-3-4-6-16/h3-7H2,1-2H3,(H2,14,18)(H,15,17). The van der Waals surface area contributed by atoms with Crippen LogP contribution in [0.15, 0.2) is 0 Å². The van der Waals surface area contributed by atoms with Gasteiger partial charge in [-0.25, -0.2) is 0 Å². The highest BCUT2D eigenvalue weighted by Crippen LogP contribution is 2.31. The summed E-state index contributed by atoms with van der Waals surface area (Å²) in [6, 6.07) is 0. The summed E-state index contributed by atoms with van der Waals surface area (Å²) < 4.78 is 0. The van der Waals surface area contributed by atoms with Crippen LogP contribution in [0, 0.1) is 13.8 Å². The number of nitrogens with one attached hydrogen (secondary N) is 1. The van der Waals surface area contributed by atoms with Gasteiger partial charge in [-0.2, -0.15) is 0 Å². The highest BCUT2D eigenvalue weighted by molar-refractivity contribution is 7.16. The van der Waals surface area contributed by atoms with Crippen molar-refractivity contribution in [3.05, 3.63) is 16.0 Å². The number of carbonyl (C=O) groups excluding carboxylic acids is 2. The number of anilines is 1. The zero-order chi connectivity index (χ0) is 14.0. The van der Waals surface area contributed by atoms with Crippen LogP contribution in [0.25, 0.3) is 0 Å². The van der Waals surface area contributed by atoms with Crippen LogP contribution in [0.3, 0.4) is 0 Å². The maximum absolute atomic E-state index is 12.0. The normalized spacial score (nSPS) is 15.7. The first-order valence-corrected chi connectivity index (χ1v) is 7.22. The van der Waals surface area contributed by atoms with Gasteiger partial charge < -0.3 is 11.1 Å². The predicted molar refractivity (Wildman–Crippen MR) is 76.6 cm³/mol. The summed E-state index contributed by atoms with van der Waals surface area (Å²) in [7, 11) is 0. The van der Waals surface area contributed by atoms with E-state index in [0.29, 0.717) is 17.1 Å². The van der Waals surface area contributed by atoms with Gasteiger partial charge in [-0.15, -0.1) is 11.3 Å². The van der Waals surface area contributed by atoms with Gasteiger partial charge in [0.15, 0.2) is 0 Å². The van der Waals surface area contributed by atoms with E-state index in [0.717, 1.165) is 36.4 Å². The summed E-state index contributed by atoms with van der Waals surface area (Å²) in [6.45, 7) is 6.09. The van der Waals surface area contributed by atoms with E-state index in [-0.39, 0.29) is 5.91 Å². The largest absolute Gasteiger partial charge is 0.365 e. The molecule has 2 heterocycles. The first-order valence-electron chi connectivity index (χ1n) is 6.41. The molecule has 104 valence electrons. The molecular weight excluding hydrogens is 262 g/mol. The van der Waals surface area contributed by atoms with Crippen LogP contribution in [-0.2, 0) is 4.79 Å². The lowest BCUT2D eigenvalue weighted by molar-refractivity contribution is -0.117. The molecule has 1 aliphatic heterocycles. The van der Waals surface area contributed by atoms with Crippen LogP contribution in [-0.4, -0.2) is 36.3 Å². The number of rotatable bonds is 4. The number of nitrogens with two attached hydrogens (primary N) is 1. The Kier molecular flexibility index (Phi) is 4.21. The van der Waals surface area contributed by atoms with E-state index in [9.17, 15) is 9.59 Å². The minimum Gasteiger partial charge on any atom is -0.365 e.